The number of alkyl halides is 1. The lowest BCUT2D eigenvalue weighted by atomic mass is 10.1. The molecule has 104 valence electrons. The number of rotatable bonds is 2. The molecule has 0 radical (unpaired) electrons. The summed E-state index contributed by atoms with van der Waals surface area (Å²) in [6.07, 6.45) is 0.00131. The van der Waals surface area contributed by atoms with Gasteiger partial charge in [0.2, 0.25) is 0 Å². The Kier molecular flexibility index (Phi) is 5.12. The van der Waals surface area contributed by atoms with Gasteiger partial charge in [-0.25, -0.2) is 0 Å². The Morgan fingerprint density at radius 2 is 2.11 bits per heavy atom. The summed E-state index contributed by atoms with van der Waals surface area (Å²) < 4.78 is 5.61. The molecule has 0 saturated carbocycles. The lowest BCUT2D eigenvalue weighted by molar-refractivity contribution is -0.0361. The third-order valence-corrected chi connectivity index (χ3v) is 4.47. The third-order valence-electron chi connectivity index (χ3n) is 3.12. The van der Waals surface area contributed by atoms with Crippen molar-refractivity contribution in [3.63, 3.8) is 0 Å². The Morgan fingerprint density at radius 1 is 1.47 bits per heavy atom. The number of nitrogens with zero attached hydrogens (tertiary/aromatic N) is 1. The summed E-state index contributed by atoms with van der Waals surface area (Å²) in [5.74, 6) is -0.141. The first-order chi connectivity index (χ1) is 9.04. The highest BCUT2D eigenvalue weighted by molar-refractivity contribution is 9.09. The molecule has 1 aliphatic heterocycles. The molecular formula is C13H14BrCl2NO2. The second-order valence-electron chi connectivity index (χ2n) is 4.51. The third kappa shape index (κ3) is 3.24. The monoisotopic (exact) mass is 365 g/mol. The van der Waals surface area contributed by atoms with Crippen LogP contribution in [0.5, 0.6) is 0 Å². The lowest BCUT2D eigenvalue weighted by Crippen LogP contribution is -2.51. The van der Waals surface area contributed by atoms with Crippen LogP contribution >= 0.6 is 39.1 Å². The Morgan fingerprint density at radius 3 is 2.68 bits per heavy atom. The van der Waals surface area contributed by atoms with Crippen LogP contribution in [0.1, 0.15) is 17.3 Å². The molecule has 2 unspecified atom stereocenters. The highest BCUT2D eigenvalue weighted by Crippen LogP contribution is 2.27. The molecule has 1 saturated heterocycles. The fourth-order valence-corrected chi connectivity index (χ4v) is 2.99. The number of ether oxygens (including phenoxy) is 1. The van der Waals surface area contributed by atoms with Crippen LogP contribution in [0.25, 0.3) is 0 Å². The Hall–Kier alpha value is -0.290. The standard InChI is InChI=1S/C13H14BrCl2NO2/c1-8-7-19-9(5-14)6-17(8)13(18)12-10(15)3-2-4-11(12)16/h2-4,8-9H,5-7H2,1H3. The number of carbonyl (C=O) groups excluding carboxylic acids is 1. The molecule has 6 heteroatoms. The topological polar surface area (TPSA) is 29.5 Å². The van der Waals surface area contributed by atoms with Gasteiger partial charge in [-0.1, -0.05) is 45.2 Å². The van der Waals surface area contributed by atoms with E-state index in [1.54, 1.807) is 23.1 Å². The van der Waals surface area contributed by atoms with E-state index in [9.17, 15) is 4.79 Å². The first-order valence-electron chi connectivity index (χ1n) is 5.97. The van der Waals surface area contributed by atoms with E-state index in [0.29, 0.717) is 34.1 Å². The second-order valence-corrected chi connectivity index (χ2v) is 5.97. The second kappa shape index (κ2) is 6.44. The zero-order valence-corrected chi connectivity index (χ0v) is 13.5. The Bertz CT molecular complexity index is 463. The van der Waals surface area contributed by atoms with Gasteiger partial charge in [-0.2, -0.15) is 0 Å². The maximum Gasteiger partial charge on any atom is 0.257 e. The van der Waals surface area contributed by atoms with Gasteiger partial charge in [0, 0.05) is 11.9 Å². The predicted molar refractivity (Wildman–Crippen MR) is 80.5 cm³/mol. The molecule has 1 fully saturated rings. The van der Waals surface area contributed by atoms with Crippen LogP contribution in [-0.4, -0.2) is 41.4 Å². The van der Waals surface area contributed by atoms with Gasteiger partial charge in [-0.15, -0.1) is 0 Å². The zero-order valence-electron chi connectivity index (χ0n) is 10.4. The largest absolute Gasteiger partial charge is 0.373 e. The first kappa shape index (κ1) is 15.1. The van der Waals surface area contributed by atoms with E-state index in [1.807, 2.05) is 6.92 Å². The predicted octanol–water partition coefficient (Wildman–Crippen LogP) is 3.62. The molecule has 1 heterocycles. The molecule has 1 aromatic rings. The van der Waals surface area contributed by atoms with Crippen LogP contribution in [0, 0.1) is 0 Å². The van der Waals surface area contributed by atoms with Crippen LogP contribution in [0.3, 0.4) is 0 Å². The molecule has 2 rings (SSSR count). The van der Waals surface area contributed by atoms with Crippen LogP contribution in [-0.2, 0) is 4.74 Å². The van der Waals surface area contributed by atoms with Crippen LogP contribution in [0.15, 0.2) is 18.2 Å². The van der Waals surface area contributed by atoms with Crippen LogP contribution < -0.4 is 0 Å². The number of morpholine rings is 1. The van der Waals surface area contributed by atoms with Gasteiger partial charge in [-0.05, 0) is 19.1 Å². The van der Waals surface area contributed by atoms with Gasteiger partial charge in [-0.3, -0.25) is 4.79 Å². The summed E-state index contributed by atoms with van der Waals surface area (Å²) in [5.41, 5.74) is 0.368. The fourth-order valence-electron chi connectivity index (χ4n) is 2.04. The smallest absolute Gasteiger partial charge is 0.257 e. The summed E-state index contributed by atoms with van der Waals surface area (Å²) in [6.45, 7) is 3.00. The number of benzene rings is 1. The molecule has 0 bridgehead atoms. The van der Waals surface area contributed by atoms with Crippen molar-refractivity contribution in [3.05, 3.63) is 33.8 Å². The maximum atomic E-state index is 12.6. The molecule has 2 atom stereocenters. The summed E-state index contributed by atoms with van der Waals surface area (Å²) in [4.78, 5) is 14.4. The minimum Gasteiger partial charge on any atom is -0.373 e. The van der Waals surface area contributed by atoms with Gasteiger partial charge in [0.25, 0.3) is 5.91 Å². The summed E-state index contributed by atoms with van der Waals surface area (Å²) in [7, 11) is 0. The molecule has 0 N–H and O–H groups in total. The summed E-state index contributed by atoms with van der Waals surface area (Å²) in [5, 5.41) is 1.46. The van der Waals surface area contributed by atoms with E-state index < -0.39 is 0 Å². The summed E-state index contributed by atoms with van der Waals surface area (Å²) in [6, 6.07) is 5.09. The quantitative estimate of drug-likeness (QED) is 0.748. The SMILES string of the molecule is CC1COC(CBr)CN1C(=O)c1c(Cl)cccc1Cl. The first-order valence-corrected chi connectivity index (χ1v) is 7.85. The molecule has 0 spiro atoms. The number of amides is 1. The number of hydrogen-bond donors (Lipinski definition) is 0. The van der Waals surface area contributed by atoms with Gasteiger partial charge < -0.3 is 9.64 Å². The van der Waals surface area contributed by atoms with Crippen molar-refractivity contribution in [1.29, 1.82) is 0 Å². The van der Waals surface area contributed by atoms with Crippen molar-refractivity contribution in [2.45, 2.75) is 19.1 Å². The highest BCUT2D eigenvalue weighted by atomic mass is 79.9. The normalized spacial score (nSPS) is 23.5. The Labute approximate surface area is 130 Å². The van der Waals surface area contributed by atoms with E-state index in [1.165, 1.54) is 0 Å². The minimum atomic E-state index is -0.141. The van der Waals surface area contributed by atoms with E-state index in [0.717, 1.165) is 0 Å². The molecule has 19 heavy (non-hydrogen) atoms. The average molecular weight is 367 g/mol. The minimum absolute atomic E-state index is 0.00131. The number of carbonyl (C=O) groups is 1. The molecule has 3 nitrogen and oxygen atoms in total. The van der Waals surface area contributed by atoms with Gasteiger partial charge in [0.05, 0.1) is 34.4 Å². The van der Waals surface area contributed by atoms with Crippen molar-refractivity contribution in [3.8, 4) is 0 Å². The van der Waals surface area contributed by atoms with E-state index >= 15 is 0 Å². The molecule has 1 amide bonds. The van der Waals surface area contributed by atoms with Gasteiger partial charge in [0.15, 0.2) is 0 Å². The van der Waals surface area contributed by atoms with Crippen molar-refractivity contribution < 1.29 is 9.53 Å². The Balaban J connectivity index is 2.27. The highest BCUT2D eigenvalue weighted by Gasteiger charge is 2.31. The number of halogens is 3. The van der Waals surface area contributed by atoms with Crippen molar-refractivity contribution >= 4 is 45.0 Å². The zero-order chi connectivity index (χ0) is 14.0. The lowest BCUT2D eigenvalue weighted by Gasteiger charge is -2.37. The van der Waals surface area contributed by atoms with Crippen molar-refractivity contribution in [2.24, 2.45) is 0 Å². The van der Waals surface area contributed by atoms with E-state index in [2.05, 4.69) is 15.9 Å². The molecular weight excluding hydrogens is 353 g/mol. The molecule has 0 aliphatic carbocycles. The van der Waals surface area contributed by atoms with Gasteiger partial charge >= 0.3 is 0 Å². The van der Waals surface area contributed by atoms with Crippen molar-refractivity contribution in [1.82, 2.24) is 4.90 Å². The molecule has 1 aliphatic rings. The number of hydrogen-bond acceptors (Lipinski definition) is 2. The van der Waals surface area contributed by atoms with Crippen LogP contribution in [0.2, 0.25) is 10.0 Å². The van der Waals surface area contributed by atoms with E-state index in [4.69, 9.17) is 27.9 Å². The van der Waals surface area contributed by atoms with E-state index in [-0.39, 0.29) is 18.1 Å². The fraction of sp³-hybridized carbons (Fsp3) is 0.462. The average Bonchev–Trinajstić information content (AvgIpc) is 2.39. The van der Waals surface area contributed by atoms with Crippen molar-refractivity contribution in [2.75, 3.05) is 18.5 Å². The maximum absolute atomic E-state index is 12.6. The molecule has 1 aromatic carbocycles. The summed E-state index contributed by atoms with van der Waals surface area (Å²) >= 11 is 15.6. The van der Waals surface area contributed by atoms with Gasteiger partial charge in [0.1, 0.15) is 0 Å². The van der Waals surface area contributed by atoms with Crippen LogP contribution in [0.4, 0.5) is 0 Å². The molecule has 0 aromatic heterocycles.